The lowest BCUT2D eigenvalue weighted by Crippen LogP contribution is -2.08. The van der Waals surface area contributed by atoms with E-state index in [1.165, 1.54) is 10.9 Å². The molecule has 0 fully saturated rings. The van der Waals surface area contributed by atoms with E-state index in [-0.39, 0.29) is 6.42 Å². The summed E-state index contributed by atoms with van der Waals surface area (Å²) in [6, 6.07) is 1.05. The zero-order valence-electron chi connectivity index (χ0n) is 9.44. The SMILES string of the molecule is Cn1cc(CC(O)c2c(F)cc(F)cc2F)nn1. The Bertz CT molecular complexity index is 547. The fourth-order valence-corrected chi connectivity index (χ4v) is 1.66. The predicted molar refractivity (Wildman–Crippen MR) is 56.0 cm³/mol. The maximum atomic E-state index is 13.4. The number of aryl methyl sites for hydroxylation is 1. The summed E-state index contributed by atoms with van der Waals surface area (Å²) in [6.07, 6.45) is -0.0298. The van der Waals surface area contributed by atoms with Gasteiger partial charge in [0.15, 0.2) is 0 Å². The molecule has 1 N–H and O–H groups in total. The van der Waals surface area contributed by atoms with E-state index in [0.717, 1.165) is 0 Å². The van der Waals surface area contributed by atoms with Crippen molar-refractivity contribution in [2.75, 3.05) is 0 Å². The summed E-state index contributed by atoms with van der Waals surface area (Å²) in [5.74, 6) is -3.27. The Kier molecular flexibility index (Phi) is 3.33. The molecule has 0 amide bonds. The molecule has 0 aliphatic heterocycles. The van der Waals surface area contributed by atoms with Crippen molar-refractivity contribution in [1.29, 1.82) is 0 Å². The van der Waals surface area contributed by atoms with E-state index in [9.17, 15) is 18.3 Å². The summed E-state index contributed by atoms with van der Waals surface area (Å²) in [7, 11) is 1.63. The maximum Gasteiger partial charge on any atom is 0.134 e. The van der Waals surface area contributed by atoms with Crippen molar-refractivity contribution in [3.05, 3.63) is 47.0 Å². The highest BCUT2D eigenvalue weighted by Crippen LogP contribution is 2.24. The number of aromatic nitrogens is 3. The van der Waals surface area contributed by atoms with Crippen LogP contribution in [0.1, 0.15) is 17.4 Å². The number of aliphatic hydroxyl groups is 1. The van der Waals surface area contributed by atoms with Crippen molar-refractivity contribution in [1.82, 2.24) is 15.0 Å². The van der Waals surface area contributed by atoms with E-state index < -0.39 is 29.1 Å². The first-order chi connectivity index (χ1) is 8.47. The number of aliphatic hydroxyl groups excluding tert-OH is 1. The van der Waals surface area contributed by atoms with Crippen molar-refractivity contribution >= 4 is 0 Å². The van der Waals surface area contributed by atoms with Gasteiger partial charge in [0.2, 0.25) is 0 Å². The molecule has 2 rings (SSSR count). The second-order valence-electron chi connectivity index (χ2n) is 3.89. The summed E-state index contributed by atoms with van der Waals surface area (Å²) in [5, 5.41) is 17.1. The summed E-state index contributed by atoms with van der Waals surface area (Å²) in [6.45, 7) is 0. The molecule has 18 heavy (non-hydrogen) atoms. The lowest BCUT2D eigenvalue weighted by molar-refractivity contribution is 0.167. The van der Waals surface area contributed by atoms with E-state index in [2.05, 4.69) is 10.3 Å². The molecule has 0 radical (unpaired) electrons. The quantitative estimate of drug-likeness (QED) is 0.906. The van der Waals surface area contributed by atoms with Gasteiger partial charge in [-0.3, -0.25) is 4.68 Å². The van der Waals surface area contributed by atoms with Gasteiger partial charge < -0.3 is 5.11 Å². The Hall–Kier alpha value is -1.89. The maximum absolute atomic E-state index is 13.4. The summed E-state index contributed by atoms with van der Waals surface area (Å²) >= 11 is 0. The van der Waals surface area contributed by atoms with Gasteiger partial charge >= 0.3 is 0 Å². The smallest absolute Gasteiger partial charge is 0.134 e. The third kappa shape index (κ3) is 2.51. The molecule has 1 heterocycles. The van der Waals surface area contributed by atoms with Crippen molar-refractivity contribution in [2.45, 2.75) is 12.5 Å². The largest absolute Gasteiger partial charge is 0.388 e. The number of hydrogen-bond donors (Lipinski definition) is 1. The summed E-state index contributed by atoms with van der Waals surface area (Å²) in [4.78, 5) is 0. The standard InChI is InChI=1S/C11H10F3N3O/c1-17-5-7(15-16-17)4-10(18)11-8(13)2-6(12)3-9(11)14/h2-3,5,10,18H,4H2,1H3. The average Bonchev–Trinajstić information content (AvgIpc) is 2.62. The molecule has 0 bridgehead atoms. The van der Waals surface area contributed by atoms with Gasteiger partial charge in [0.1, 0.15) is 17.5 Å². The molecule has 1 atom stereocenters. The Morgan fingerprint density at radius 1 is 1.28 bits per heavy atom. The summed E-state index contributed by atoms with van der Waals surface area (Å²) in [5.41, 5.74) is -0.185. The van der Waals surface area contributed by atoms with Crippen LogP contribution < -0.4 is 0 Å². The first-order valence-corrected chi connectivity index (χ1v) is 5.15. The highest BCUT2D eigenvalue weighted by molar-refractivity contribution is 5.24. The molecule has 0 saturated carbocycles. The number of rotatable bonds is 3. The van der Waals surface area contributed by atoms with E-state index in [1.54, 1.807) is 7.05 Å². The number of halogens is 3. The summed E-state index contributed by atoms with van der Waals surface area (Å²) < 4.78 is 40.9. The molecular weight excluding hydrogens is 247 g/mol. The molecule has 0 aliphatic rings. The minimum Gasteiger partial charge on any atom is -0.388 e. The second kappa shape index (κ2) is 4.77. The molecule has 1 aromatic carbocycles. The molecule has 1 aromatic heterocycles. The highest BCUT2D eigenvalue weighted by Gasteiger charge is 2.20. The van der Waals surface area contributed by atoms with Crippen LogP contribution in [0.2, 0.25) is 0 Å². The van der Waals surface area contributed by atoms with Gasteiger partial charge in [-0.05, 0) is 0 Å². The van der Waals surface area contributed by atoms with Crippen LogP contribution in [0.5, 0.6) is 0 Å². The van der Waals surface area contributed by atoms with Crippen molar-refractivity contribution in [2.24, 2.45) is 7.05 Å². The Morgan fingerprint density at radius 2 is 1.89 bits per heavy atom. The van der Waals surface area contributed by atoms with Crippen LogP contribution in [-0.2, 0) is 13.5 Å². The monoisotopic (exact) mass is 257 g/mol. The van der Waals surface area contributed by atoms with E-state index >= 15 is 0 Å². The van der Waals surface area contributed by atoms with Crippen molar-refractivity contribution in [3.63, 3.8) is 0 Å². The number of benzene rings is 1. The molecule has 0 saturated heterocycles. The molecule has 1 unspecified atom stereocenters. The number of nitrogens with zero attached hydrogens (tertiary/aromatic N) is 3. The Labute approximate surface area is 101 Å². The third-order valence-electron chi connectivity index (χ3n) is 2.43. The highest BCUT2D eigenvalue weighted by atomic mass is 19.1. The van der Waals surface area contributed by atoms with E-state index in [0.29, 0.717) is 17.8 Å². The minimum absolute atomic E-state index is 0.104. The van der Waals surface area contributed by atoms with Gasteiger partial charge in [0.05, 0.1) is 17.4 Å². The van der Waals surface area contributed by atoms with Gasteiger partial charge in [-0.1, -0.05) is 5.21 Å². The van der Waals surface area contributed by atoms with Crippen LogP contribution in [0.3, 0.4) is 0 Å². The Morgan fingerprint density at radius 3 is 2.39 bits per heavy atom. The van der Waals surface area contributed by atoms with Crippen molar-refractivity contribution in [3.8, 4) is 0 Å². The number of hydrogen-bond acceptors (Lipinski definition) is 3. The predicted octanol–water partition coefficient (Wildman–Crippen LogP) is 1.51. The van der Waals surface area contributed by atoms with Gasteiger partial charge in [0.25, 0.3) is 0 Å². The average molecular weight is 257 g/mol. The van der Waals surface area contributed by atoms with Gasteiger partial charge in [-0.2, -0.15) is 0 Å². The molecule has 0 spiro atoms. The molecule has 4 nitrogen and oxygen atoms in total. The van der Waals surface area contributed by atoms with Crippen LogP contribution in [0, 0.1) is 17.5 Å². The molecule has 2 aromatic rings. The van der Waals surface area contributed by atoms with E-state index in [1.807, 2.05) is 0 Å². The van der Waals surface area contributed by atoms with E-state index in [4.69, 9.17) is 0 Å². The van der Waals surface area contributed by atoms with Gasteiger partial charge in [-0.25, -0.2) is 13.2 Å². The van der Waals surface area contributed by atoms with Crippen LogP contribution in [0.15, 0.2) is 18.3 Å². The Balaban J connectivity index is 2.26. The second-order valence-corrected chi connectivity index (χ2v) is 3.89. The lowest BCUT2D eigenvalue weighted by Gasteiger charge is -2.11. The van der Waals surface area contributed by atoms with Gasteiger partial charge in [0, 0.05) is 31.8 Å². The van der Waals surface area contributed by atoms with Crippen LogP contribution in [-0.4, -0.2) is 20.1 Å². The first-order valence-electron chi connectivity index (χ1n) is 5.15. The van der Waals surface area contributed by atoms with Gasteiger partial charge in [-0.15, -0.1) is 5.10 Å². The molecule has 7 heteroatoms. The molecule has 0 aliphatic carbocycles. The van der Waals surface area contributed by atoms with Crippen LogP contribution >= 0.6 is 0 Å². The normalized spacial score (nSPS) is 12.7. The fraction of sp³-hybridized carbons (Fsp3) is 0.273. The zero-order valence-corrected chi connectivity index (χ0v) is 9.44. The fourth-order valence-electron chi connectivity index (χ4n) is 1.66. The molecule has 96 valence electrons. The zero-order chi connectivity index (χ0) is 13.3. The van der Waals surface area contributed by atoms with Crippen molar-refractivity contribution < 1.29 is 18.3 Å². The third-order valence-corrected chi connectivity index (χ3v) is 2.43. The lowest BCUT2D eigenvalue weighted by atomic mass is 10.0. The molecular formula is C11H10F3N3O. The topological polar surface area (TPSA) is 50.9 Å². The minimum atomic E-state index is -1.44. The first kappa shape index (κ1) is 12.6. The van der Waals surface area contributed by atoms with Crippen LogP contribution in [0.4, 0.5) is 13.2 Å². The van der Waals surface area contributed by atoms with Crippen LogP contribution in [0.25, 0.3) is 0 Å².